The summed E-state index contributed by atoms with van der Waals surface area (Å²) in [7, 11) is 0. The number of benzene rings is 3. The molecule has 0 aliphatic rings. The van der Waals surface area contributed by atoms with Crippen molar-refractivity contribution in [2.75, 3.05) is 0 Å². The highest BCUT2D eigenvalue weighted by Crippen LogP contribution is 2.21. The molecule has 1 atom stereocenters. The van der Waals surface area contributed by atoms with Crippen LogP contribution in [0.2, 0.25) is 0 Å². The van der Waals surface area contributed by atoms with E-state index in [9.17, 15) is 0 Å². The molecule has 0 fully saturated rings. The van der Waals surface area contributed by atoms with Crippen LogP contribution in [0.1, 0.15) is 24.1 Å². The molecule has 24 heavy (non-hydrogen) atoms. The van der Waals surface area contributed by atoms with Gasteiger partial charge in [-0.1, -0.05) is 60.7 Å². The molecule has 0 saturated heterocycles. The number of rotatable bonds is 4. The molecular weight excluding hydrogens is 292 g/mol. The summed E-state index contributed by atoms with van der Waals surface area (Å²) in [5, 5.41) is 7.39. The molecule has 0 radical (unpaired) electrons. The number of pyridine rings is 1. The molecule has 1 heterocycles. The molecule has 0 aliphatic heterocycles. The Morgan fingerprint density at radius 1 is 0.833 bits per heavy atom. The highest BCUT2D eigenvalue weighted by molar-refractivity contribution is 5.83. The van der Waals surface area contributed by atoms with Gasteiger partial charge in [0.1, 0.15) is 0 Å². The van der Waals surface area contributed by atoms with Gasteiger partial charge in [0.2, 0.25) is 0 Å². The van der Waals surface area contributed by atoms with Gasteiger partial charge in [0.05, 0.1) is 5.52 Å². The predicted octanol–water partition coefficient (Wildman–Crippen LogP) is 5.24. The van der Waals surface area contributed by atoms with Crippen molar-refractivity contribution < 1.29 is 0 Å². The number of hydrogen-bond acceptors (Lipinski definition) is 2. The monoisotopic (exact) mass is 312 g/mol. The third kappa shape index (κ3) is 2.89. The maximum atomic E-state index is 4.53. The summed E-state index contributed by atoms with van der Waals surface area (Å²) >= 11 is 0. The lowest BCUT2D eigenvalue weighted by Gasteiger charge is -2.16. The Morgan fingerprint density at radius 2 is 1.62 bits per heavy atom. The molecule has 1 unspecified atom stereocenters. The third-order valence-electron chi connectivity index (χ3n) is 4.59. The van der Waals surface area contributed by atoms with E-state index in [4.69, 9.17) is 0 Å². The Bertz CT molecular complexity index is 986. The Labute approximate surface area is 142 Å². The topological polar surface area (TPSA) is 24.9 Å². The quantitative estimate of drug-likeness (QED) is 0.557. The van der Waals surface area contributed by atoms with Gasteiger partial charge in [0.25, 0.3) is 0 Å². The lowest BCUT2D eigenvalue weighted by molar-refractivity contribution is 0.576. The summed E-state index contributed by atoms with van der Waals surface area (Å²) in [5.41, 5.74) is 3.63. The highest BCUT2D eigenvalue weighted by atomic mass is 14.9. The molecule has 2 nitrogen and oxygen atoms in total. The number of para-hydroxylation sites is 1. The minimum atomic E-state index is 0.286. The molecule has 0 aliphatic carbocycles. The summed E-state index contributed by atoms with van der Waals surface area (Å²) in [4.78, 5) is 4.53. The van der Waals surface area contributed by atoms with Gasteiger partial charge in [-0.3, -0.25) is 4.98 Å². The molecule has 0 amide bonds. The van der Waals surface area contributed by atoms with Crippen LogP contribution in [-0.4, -0.2) is 4.98 Å². The van der Waals surface area contributed by atoms with E-state index in [2.05, 4.69) is 84.0 Å². The Balaban J connectivity index is 1.55. The van der Waals surface area contributed by atoms with E-state index in [1.807, 2.05) is 12.3 Å². The molecule has 3 aromatic carbocycles. The Hall–Kier alpha value is -2.71. The largest absolute Gasteiger partial charge is 0.306 e. The standard InChI is InChI=1S/C22H20N2/c1-16(19-12-11-17-6-2-3-7-20(17)14-19)24-15-21-9-4-8-18-10-5-13-23-22(18)21/h2-14,16,24H,15H2,1H3. The molecule has 0 saturated carbocycles. The number of hydrogen-bond donors (Lipinski definition) is 1. The molecule has 0 bridgehead atoms. The van der Waals surface area contributed by atoms with Gasteiger partial charge in [-0.15, -0.1) is 0 Å². The number of nitrogens with one attached hydrogen (secondary N) is 1. The summed E-state index contributed by atoms with van der Waals surface area (Å²) in [6.45, 7) is 3.02. The summed E-state index contributed by atoms with van der Waals surface area (Å²) in [6, 6.07) is 25.9. The van der Waals surface area contributed by atoms with E-state index in [-0.39, 0.29) is 6.04 Å². The zero-order chi connectivity index (χ0) is 16.4. The molecule has 0 spiro atoms. The van der Waals surface area contributed by atoms with Crippen molar-refractivity contribution in [2.24, 2.45) is 0 Å². The van der Waals surface area contributed by atoms with Crippen molar-refractivity contribution in [3.8, 4) is 0 Å². The molecule has 1 N–H and O–H groups in total. The maximum Gasteiger partial charge on any atom is 0.0746 e. The fourth-order valence-electron chi connectivity index (χ4n) is 3.17. The first-order valence-corrected chi connectivity index (χ1v) is 8.36. The molecule has 2 heteroatoms. The maximum absolute atomic E-state index is 4.53. The zero-order valence-corrected chi connectivity index (χ0v) is 13.7. The summed E-state index contributed by atoms with van der Waals surface area (Å²) < 4.78 is 0. The van der Waals surface area contributed by atoms with E-state index < -0.39 is 0 Å². The predicted molar refractivity (Wildman–Crippen MR) is 101 cm³/mol. The second-order valence-corrected chi connectivity index (χ2v) is 6.20. The van der Waals surface area contributed by atoms with Crippen molar-refractivity contribution in [3.05, 3.63) is 90.1 Å². The van der Waals surface area contributed by atoms with E-state index in [1.54, 1.807) is 0 Å². The molecule has 4 aromatic rings. The van der Waals surface area contributed by atoms with Crippen LogP contribution in [0.15, 0.2) is 79.0 Å². The smallest absolute Gasteiger partial charge is 0.0746 e. The second-order valence-electron chi connectivity index (χ2n) is 6.20. The van der Waals surface area contributed by atoms with Gasteiger partial charge >= 0.3 is 0 Å². The summed E-state index contributed by atoms with van der Waals surface area (Å²) in [6.07, 6.45) is 1.86. The molecule has 4 rings (SSSR count). The molecule has 1 aromatic heterocycles. The van der Waals surface area contributed by atoms with E-state index in [0.717, 1.165) is 12.1 Å². The van der Waals surface area contributed by atoms with Crippen molar-refractivity contribution in [1.82, 2.24) is 10.3 Å². The first-order chi connectivity index (χ1) is 11.8. The second kappa shape index (κ2) is 6.42. The first-order valence-electron chi connectivity index (χ1n) is 8.36. The van der Waals surface area contributed by atoms with Gasteiger partial charge in [-0.05, 0) is 41.0 Å². The SMILES string of the molecule is CC(NCc1cccc2cccnc12)c1ccc2ccccc2c1. The van der Waals surface area contributed by atoms with Gasteiger partial charge in [-0.25, -0.2) is 0 Å². The van der Waals surface area contributed by atoms with Crippen LogP contribution in [-0.2, 0) is 6.54 Å². The van der Waals surface area contributed by atoms with Crippen LogP contribution >= 0.6 is 0 Å². The van der Waals surface area contributed by atoms with Gasteiger partial charge < -0.3 is 5.32 Å². The Kier molecular flexibility index (Phi) is 3.97. The average molecular weight is 312 g/mol. The zero-order valence-electron chi connectivity index (χ0n) is 13.7. The van der Waals surface area contributed by atoms with Crippen LogP contribution < -0.4 is 5.32 Å². The third-order valence-corrected chi connectivity index (χ3v) is 4.59. The van der Waals surface area contributed by atoms with Crippen molar-refractivity contribution >= 4 is 21.7 Å². The number of aromatic nitrogens is 1. The van der Waals surface area contributed by atoms with Crippen LogP contribution in [0.5, 0.6) is 0 Å². The van der Waals surface area contributed by atoms with Gasteiger partial charge in [-0.2, -0.15) is 0 Å². The Morgan fingerprint density at radius 3 is 2.54 bits per heavy atom. The van der Waals surface area contributed by atoms with Gasteiger partial charge in [0, 0.05) is 24.2 Å². The van der Waals surface area contributed by atoms with Crippen molar-refractivity contribution in [2.45, 2.75) is 19.5 Å². The molecule has 118 valence electrons. The van der Waals surface area contributed by atoms with E-state index in [0.29, 0.717) is 0 Å². The average Bonchev–Trinajstić information content (AvgIpc) is 2.65. The normalized spacial score (nSPS) is 12.5. The fourth-order valence-corrected chi connectivity index (χ4v) is 3.17. The van der Waals surface area contributed by atoms with Crippen LogP contribution in [0.4, 0.5) is 0 Å². The molecular formula is C22H20N2. The minimum Gasteiger partial charge on any atom is -0.306 e. The minimum absolute atomic E-state index is 0.286. The van der Waals surface area contributed by atoms with E-state index in [1.165, 1.54) is 27.3 Å². The lowest BCUT2D eigenvalue weighted by atomic mass is 10.0. The van der Waals surface area contributed by atoms with Gasteiger partial charge in [0.15, 0.2) is 0 Å². The van der Waals surface area contributed by atoms with Crippen LogP contribution in [0.25, 0.3) is 21.7 Å². The fraction of sp³-hybridized carbons (Fsp3) is 0.136. The van der Waals surface area contributed by atoms with Crippen molar-refractivity contribution in [3.63, 3.8) is 0 Å². The summed E-state index contributed by atoms with van der Waals surface area (Å²) in [5.74, 6) is 0. The van der Waals surface area contributed by atoms with Crippen LogP contribution in [0, 0.1) is 0 Å². The van der Waals surface area contributed by atoms with E-state index >= 15 is 0 Å². The first kappa shape index (κ1) is 14.9. The van der Waals surface area contributed by atoms with Crippen molar-refractivity contribution in [1.29, 1.82) is 0 Å². The highest BCUT2D eigenvalue weighted by Gasteiger charge is 2.07. The number of nitrogens with zero attached hydrogens (tertiary/aromatic N) is 1. The van der Waals surface area contributed by atoms with Crippen LogP contribution in [0.3, 0.4) is 0 Å². The lowest BCUT2D eigenvalue weighted by Crippen LogP contribution is -2.18. The number of fused-ring (bicyclic) bond motifs is 2.